The molecular weight excluding hydrogens is 140 g/mol. The lowest BCUT2D eigenvalue weighted by Crippen LogP contribution is -2.21. The Morgan fingerprint density at radius 3 is 3.56 bits per heavy atom. The maximum absolute atomic E-state index is 10.7. The van der Waals surface area contributed by atoms with Crippen molar-refractivity contribution in [2.24, 2.45) is 0 Å². The number of nitrogens with zero attached hydrogens (tertiary/aromatic N) is 2. The smallest absolute Gasteiger partial charge is 0.318 e. The topological polar surface area (TPSA) is 43.6 Å². The molecule has 2 fully saturated rings. The van der Waals surface area contributed by atoms with E-state index >= 15 is 0 Å². The molecule has 0 aromatic rings. The van der Waals surface area contributed by atoms with Crippen molar-refractivity contribution in [2.45, 2.75) is 5.37 Å². The van der Waals surface area contributed by atoms with E-state index in [1.165, 1.54) is 0 Å². The zero-order chi connectivity index (χ0) is 6.27. The molecule has 2 heterocycles. The van der Waals surface area contributed by atoms with Crippen molar-refractivity contribution in [1.29, 1.82) is 0 Å². The van der Waals surface area contributed by atoms with Crippen LogP contribution in [0.5, 0.6) is 0 Å². The van der Waals surface area contributed by atoms with Crippen LogP contribution in [0.4, 0.5) is 0 Å². The molecule has 2 aliphatic rings. The highest BCUT2D eigenvalue weighted by molar-refractivity contribution is 8.00. The number of hydrogen-bond acceptors (Lipinski definition) is 4. The Kier molecular flexibility index (Phi) is 1.14. The van der Waals surface area contributed by atoms with Gasteiger partial charge in [-0.05, 0) is 6.54 Å². The van der Waals surface area contributed by atoms with E-state index in [2.05, 4.69) is 10.4 Å². The van der Waals surface area contributed by atoms with E-state index in [1.54, 1.807) is 16.8 Å². The summed E-state index contributed by atoms with van der Waals surface area (Å²) >= 11 is 1.58. The molecule has 0 aromatic carbocycles. The summed E-state index contributed by atoms with van der Waals surface area (Å²) in [5, 5.41) is 1.54. The Morgan fingerprint density at radius 2 is 2.78 bits per heavy atom. The van der Waals surface area contributed by atoms with Crippen LogP contribution in [0, 0.1) is 0 Å². The van der Waals surface area contributed by atoms with E-state index in [-0.39, 0.29) is 11.3 Å². The molecular formula is C4H5N2O2S-. The van der Waals surface area contributed by atoms with Crippen LogP contribution in [0.3, 0.4) is 0 Å². The minimum absolute atomic E-state index is 0.134. The molecule has 2 aliphatic heterocycles. The van der Waals surface area contributed by atoms with Gasteiger partial charge in [-0.25, -0.2) is 0 Å². The van der Waals surface area contributed by atoms with Gasteiger partial charge in [0.05, 0.1) is 0 Å². The van der Waals surface area contributed by atoms with Crippen LogP contribution in [0.2, 0.25) is 0 Å². The lowest BCUT2D eigenvalue weighted by Gasteiger charge is -2.21. The summed E-state index contributed by atoms with van der Waals surface area (Å²) in [4.78, 5) is 15.1. The standard InChI is InChI=1S/C4H5N2O2S/c7-4-3-6(5-8-4)1-2-9-3/h3H,1-2H2/q-1. The van der Waals surface area contributed by atoms with Gasteiger partial charge in [-0.1, -0.05) is 0 Å². The van der Waals surface area contributed by atoms with Crippen molar-refractivity contribution in [2.75, 3.05) is 12.3 Å². The molecule has 0 N–H and O–H groups in total. The summed E-state index contributed by atoms with van der Waals surface area (Å²) in [5.41, 5.74) is 3.54. The fourth-order valence-electron chi connectivity index (χ4n) is 0.872. The van der Waals surface area contributed by atoms with Gasteiger partial charge in [-0.3, -0.25) is 4.79 Å². The first-order chi connectivity index (χ1) is 4.38. The number of rotatable bonds is 0. The van der Waals surface area contributed by atoms with Crippen molar-refractivity contribution in [1.82, 2.24) is 5.01 Å². The van der Waals surface area contributed by atoms with Gasteiger partial charge in [0.25, 0.3) is 0 Å². The van der Waals surface area contributed by atoms with Gasteiger partial charge in [-0.2, -0.15) is 0 Å². The minimum Gasteiger partial charge on any atom is -0.547 e. The summed E-state index contributed by atoms with van der Waals surface area (Å²) in [6.45, 7) is 0.834. The summed E-state index contributed by atoms with van der Waals surface area (Å²) in [7, 11) is 0. The highest BCUT2D eigenvalue weighted by atomic mass is 32.2. The zero-order valence-electron chi connectivity index (χ0n) is 4.61. The first-order valence-electron chi connectivity index (χ1n) is 2.68. The molecule has 0 amide bonds. The number of hydrogen-bond donors (Lipinski definition) is 0. The molecule has 0 radical (unpaired) electrons. The molecule has 2 saturated heterocycles. The van der Waals surface area contributed by atoms with Gasteiger partial charge in [0.1, 0.15) is 5.37 Å². The fourth-order valence-corrected chi connectivity index (χ4v) is 1.88. The summed E-state index contributed by atoms with van der Waals surface area (Å²) in [5.74, 6) is 0.751. The van der Waals surface area contributed by atoms with Gasteiger partial charge in [0.2, 0.25) is 0 Å². The van der Waals surface area contributed by atoms with Crippen molar-refractivity contribution in [3.05, 3.63) is 5.59 Å². The van der Waals surface area contributed by atoms with E-state index in [4.69, 9.17) is 0 Å². The van der Waals surface area contributed by atoms with Crippen LogP contribution in [-0.4, -0.2) is 28.6 Å². The largest absolute Gasteiger partial charge is 0.547 e. The van der Waals surface area contributed by atoms with Gasteiger partial charge in [0, 0.05) is 5.75 Å². The second-order valence-electron chi connectivity index (χ2n) is 1.88. The van der Waals surface area contributed by atoms with E-state index in [9.17, 15) is 4.79 Å². The molecule has 1 atom stereocenters. The zero-order valence-corrected chi connectivity index (χ0v) is 5.43. The monoisotopic (exact) mass is 145 g/mol. The lowest BCUT2D eigenvalue weighted by atomic mass is 10.6. The van der Waals surface area contributed by atoms with Crippen molar-refractivity contribution in [3.63, 3.8) is 0 Å². The average molecular weight is 145 g/mol. The predicted octanol–water partition coefficient (Wildman–Crippen LogP) is 0.122. The first-order valence-corrected chi connectivity index (χ1v) is 3.73. The number of carbonyl (C=O) groups is 1. The molecule has 0 bridgehead atoms. The van der Waals surface area contributed by atoms with Crippen molar-refractivity contribution < 1.29 is 9.63 Å². The van der Waals surface area contributed by atoms with Gasteiger partial charge in [0.15, 0.2) is 0 Å². The van der Waals surface area contributed by atoms with Crippen LogP contribution in [0.1, 0.15) is 0 Å². The number of fused-ring (bicyclic) bond motifs is 1. The molecule has 50 valence electrons. The van der Waals surface area contributed by atoms with Crippen molar-refractivity contribution >= 4 is 17.7 Å². The maximum Gasteiger partial charge on any atom is 0.318 e. The Bertz CT molecular complexity index is 152. The third-order valence-corrected chi connectivity index (χ3v) is 2.47. The summed E-state index contributed by atoms with van der Waals surface area (Å²) in [6, 6.07) is 0. The van der Waals surface area contributed by atoms with Crippen molar-refractivity contribution in [3.8, 4) is 0 Å². The van der Waals surface area contributed by atoms with E-state index < -0.39 is 0 Å². The molecule has 0 spiro atoms. The predicted molar refractivity (Wildman–Crippen MR) is 32.4 cm³/mol. The molecule has 5 heteroatoms. The Labute approximate surface area is 56.5 Å². The second-order valence-corrected chi connectivity index (χ2v) is 3.07. The summed E-state index contributed by atoms with van der Waals surface area (Å²) in [6.07, 6.45) is 0. The van der Waals surface area contributed by atoms with Crippen LogP contribution in [-0.2, 0) is 9.63 Å². The highest BCUT2D eigenvalue weighted by Crippen LogP contribution is 2.32. The van der Waals surface area contributed by atoms with Crippen LogP contribution >= 0.6 is 11.8 Å². The van der Waals surface area contributed by atoms with Gasteiger partial charge in [-0.15, -0.1) is 11.8 Å². The Morgan fingerprint density at radius 1 is 1.89 bits per heavy atom. The van der Waals surface area contributed by atoms with E-state index in [1.807, 2.05) is 0 Å². The third-order valence-electron chi connectivity index (χ3n) is 1.30. The van der Waals surface area contributed by atoms with Crippen LogP contribution < -0.4 is 0 Å². The fraction of sp³-hybridized carbons (Fsp3) is 0.750. The third kappa shape index (κ3) is 0.726. The lowest BCUT2D eigenvalue weighted by molar-refractivity contribution is -0.135. The normalized spacial score (nSPS) is 34.7. The number of carbonyl (C=O) groups excluding carboxylic acids is 1. The Hall–Kier alpha value is -0.260. The van der Waals surface area contributed by atoms with Crippen LogP contribution in [0.25, 0.3) is 5.59 Å². The van der Waals surface area contributed by atoms with Crippen LogP contribution in [0.15, 0.2) is 0 Å². The Balaban J connectivity index is 2.15. The average Bonchev–Trinajstić information content (AvgIpc) is 2.35. The molecule has 4 nitrogen and oxygen atoms in total. The highest BCUT2D eigenvalue weighted by Gasteiger charge is 2.31. The second kappa shape index (κ2) is 1.86. The SMILES string of the molecule is O=C1O[N-]N2CCSC12. The first kappa shape index (κ1) is 5.52. The molecule has 0 aromatic heterocycles. The molecule has 2 rings (SSSR count). The van der Waals surface area contributed by atoms with Gasteiger partial charge >= 0.3 is 5.97 Å². The molecule has 9 heavy (non-hydrogen) atoms. The maximum atomic E-state index is 10.7. The van der Waals surface area contributed by atoms with E-state index in [0.717, 1.165) is 12.3 Å². The number of thioether (sulfide) groups is 1. The molecule has 0 saturated carbocycles. The molecule has 0 aliphatic carbocycles. The molecule has 1 unspecified atom stereocenters. The summed E-state index contributed by atoms with van der Waals surface area (Å²) < 4.78 is 0. The van der Waals surface area contributed by atoms with E-state index in [0.29, 0.717) is 0 Å². The quantitative estimate of drug-likeness (QED) is 0.485. The van der Waals surface area contributed by atoms with Gasteiger partial charge < -0.3 is 15.4 Å². The minimum atomic E-state index is -0.225.